The summed E-state index contributed by atoms with van der Waals surface area (Å²) in [4.78, 5) is 24.9. The van der Waals surface area contributed by atoms with E-state index in [0.717, 1.165) is 60.4 Å². The van der Waals surface area contributed by atoms with E-state index in [1.807, 2.05) is 24.4 Å². The number of aliphatic carboxylic acids is 2. The molecule has 0 bridgehead atoms. The van der Waals surface area contributed by atoms with Gasteiger partial charge in [-0.05, 0) is 36.1 Å². The van der Waals surface area contributed by atoms with Crippen LogP contribution in [-0.2, 0) is 9.59 Å². The Bertz CT molecular complexity index is 1160. The number of halogens is 6. The lowest BCUT2D eigenvalue weighted by atomic mass is 10.0. The van der Waals surface area contributed by atoms with Gasteiger partial charge < -0.3 is 24.8 Å². The van der Waals surface area contributed by atoms with Gasteiger partial charge in [0.2, 0.25) is 0 Å². The van der Waals surface area contributed by atoms with Gasteiger partial charge in [-0.3, -0.25) is 4.98 Å². The zero-order valence-electron chi connectivity index (χ0n) is 18.9. The summed E-state index contributed by atoms with van der Waals surface area (Å²) in [5, 5.41) is 18.9. The van der Waals surface area contributed by atoms with E-state index >= 15 is 0 Å². The minimum absolute atomic E-state index is 0.796. The number of hydrogen-bond acceptors (Lipinski definition) is 6. The van der Waals surface area contributed by atoms with Crippen LogP contribution < -0.4 is 10.2 Å². The maximum absolute atomic E-state index is 10.6. The number of nitrogens with zero attached hydrogens (tertiary/aromatic N) is 2. The van der Waals surface area contributed by atoms with Crippen LogP contribution in [0.15, 0.2) is 53.1 Å². The fourth-order valence-corrected chi connectivity index (χ4v) is 3.89. The number of hydrogen-bond donors (Lipinski definition) is 3. The van der Waals surface area contributed by atoms with Crippen LogP contribution in [0.5, 0.6) is 0 Å². The van der Waals surface area contributed by atoms with Gasteiger partial charge in [0, 0.05) is 31.6 Å². The Morgan fingerprint density at radius 2 is 1.46 bits per heavy atom. The number of carbonyl (C=O) groups is 2. The highest BCUT2D eigenvalue weighted by molar-refractivity contribution is 5.82. The average Bonchev–Trinajstić information content (AvgIpc) is 3.53. The van der Waals surface area contributed by atoms with E-state index in [0.29, 0.717) is 0 Å². The predicted molar refractivity (Wildman–Crippen MR) is 119 cm³/mol. The standard InChI is InChI=1S/C19H19N3O.2C2HF3O2/c1-2-4-18-13(3-1)7-19(23-18)17-6-5-16(10-21-17)22-11-14-8-20-9-15(14)12-22;2*3-2(4,5)1(6)7/h1-7,10,14-15,20H,8-9,11-12H2;2*(H,6,7). The zero-order chi connectivity index (χ0) is 27.4. The molecule has 2 atom stereocenters. The second-order valence-electron chi connectivity index (χ2n) is 8.24. The molecule has 2 aliphatic heterocycles. The Hall–Kier alpha value is -3.81. The predicted octanol–water partition coefficient (Wildman–Crippen LogP) is 4.42. The summed E-state index contributed by atoms with van der Waals surface area (Å²) in [5.74, 6) is -3.09. The van der Waals surface area contributed by atoms with Crippen molar-refractivity contribution in [3.8, 4) is 11.5 Å². The molecule has 2 saturated heterocycles. The highest BCUT2D eigenvalue weighted by Gasteiger charge is 2.39. The summed E-state index contributed by atoms with van der Waals surface area (Å²) in [7, 11) is 0. The number of anilines is 1. The van der Waals surface area contributed by atoms with Gasteiger partial charge in [-0.25, -0.2) is 9.59 Å². The number of benzene rings is 1. The van der Waals surface area contributed by atoms with Crippen LogP contribution in [0.2, 0.25) is 0 Å². The van der Waals surface area contributed by atoms with Crippen molar-refractivity contribution in [2.75, 3.05) is 31.1 Å². The van der Waals surface area contributed by atoms with E-state index in [1.54, 1.807) is 0 Å². The number of fused-ring (bicyclic) bond motifs is 2. The minimum Gasteiger partial charge on any atom is -0.475 e. The number of carboxylic acids is 2. The van der Waals surface area contributed by atoms with E-state index in [2.05, 4.69) is 39.5 Å². The van der Waals surface area contributed by atoms with Gasteiger partial charge in [0.05, 0.1) is 11.9 Å². The Balaban J connectivity index is 0.000000227. The van der Waals surface area contributed by atoms with Gasteiger partial charge in [-0.2, -0.15) is 26.3 Å². The van der Waals surface area contributed by atoms with Gasteiger partial charge in [-0.1, -0.05) is 18.2 Å². The molecule has 2 aromatic heterocycles. The number of nitrogens with one attached hydrogen (secondary N) is 1. The molecule has 4 heterocycles. The van der Waals surface area contributed by atoms with Gasteiger partial charge >= 0.3 is 24.3 Å². The van der Waals surface area contributed by atoms with Gasteiger partial charge in [0.15, 0.2) is 5.76 Å². The summed E-state index contributed by atoms with van der Waals surface area (Å²) in [6.45, 7) is 4.60. The SMILES string of the molecule is O=C(O)C(F)(F)F.O=C(O)C(F)(F)F.c1ccc2oc(-c3ccc(N4CC5CNCC5C4)cn3)cc2c1. The maximum atomic E-state index is 10.6. The van der Waals surface area contributed by atoms with Crippen LogP contribution in [-0.4, -0.2) is 65.7 Å². The van der Waals surface area contributed by atoms with E-state index < -0.39 is 24.3 Å². The molecule has 0 aliphatic carbocycles. The van der Waals surface area contributed by atoms with Crippen LogP contribution in [0.4, 0.5) is 32.0 Å². The third-order valence-electron chi connectivity index (χ3n) is 5.67. The molecule has 3 aromatic rings. The van der Waals surface area contributed by atoms with Crippen molar-refractivity contribution in [2.24, 2.45) is 11.8 Å². The quantitative estimate of drug-likeness (QED) is 0.415. The molecule has 3 N–H and O–H groups in total. The lowest BCUT2D eigenvalue weighted by molar-refractivity contribution is -0.193. The second-order valence-corrected chi connectivity index (χ2v) is 8.24. The number of furan rings is 1. The van der Waals surface area contributed by atoms with Crippen molar-refractivity contribution >= 4 is 28.6 Å². The highest BCUT2D eigenvalue weighted by Crippen LogP contribution is 2.32. The molecular weight excluding hydrogens is 512 g/mol. The summed E-state index contributed by atoms with van der Waals surface area (Å²) >= 11 is 0. The van der Waals surface area contributed by atoms with E-state index in [4.69, 9.17) is 24.2 Å². The molecule has 5 rings (SSSR count). The second kappa shape index (κ2) is 11.1. The van der Waals surface area contributed by atoms with Crippen molar-refractivity contribution in [3.05, 3.63) is 48.7 Å². The first-order valence-electron chi connectivity index (χ1n) is 10.8. The molecule has 8 nitrogen and oxygen atoms in total. The molecule has 0 radical (unpaired) electrons. The molecule has 2 aliphatic rings. The fourth-order valence-electron chi connectivity index (χ4n) is 3.89. The van der Waals surface area contributed by atoms with Crippen molar-refractivity contribution in [1.29, 1.82) is 0 Å². The van der Waals surface area contributed by atoms with Crippen LogP contribution in [0, 0.1) is 11.8 Å². The first-order valence-corrected chi connectivity index (χ1v) is 10.8. The van der Waals surface area contributed by atoms with Crippen LogP contribution >= 0.6 is 0 Å². The molecule has 0 amide bonds. The molecule has 14 heteroatoms. The van der Waals surface area contributed by atoms with Gasteiger partial charge in [0.25, 0.3) is 0 Å². The molecule has 0 spiro atoms. The van der Waals surface area contributed by atoms with E-state index in [1.165, 1.54) is 5.69 Å². The first-order chi connectivity index (χ1) is 17.3. The maximum Gasteiger partial charge on any atom is 0.490 e. The zero-order valence-corrected chi connectivity index (χ0v) is 18.9. The Morgan fingerprint density at radius 1 is 0.919 bits per heavy atom. The summed E-state index contributed by atoms with van der Waals surface area (Å²) in [6, 6.07) is 14.4. The molecule has 200 valence electrons. The molecule has 2 unspecified atom stereocenters. The van der Waals surface area contributed by atoms with Crippen molar-refractivity contribution in [2.45, 2.75) is 12.4 Å². The Morgan fingerprint density at radius 3 is 1.92 bits per heavy atom. The van der Waals surface area contributed by atoms with Crippen LogP contribution in [0.3, 0.4) is 0 Å². The van der Waals surface area contributed by atoms with E-state index in [-0.39, 0.29) is 0 Å². The number of para-hydroxylation sites is 1. The lowest BCUT2D eigenvalue weighted by Crippen LogP contribution is -2.25. The molecule has 0 saturated carbocycles. The number of aromatic nitrogens is 1. The number of rotatable bonds is 2. The highest BCUT2D eigenvalue weighted by atomic mass is 19.4. The van der Waals surface area contributed by atoms with Gasteiger partial charge in [-0.15, -0.1) is 0 Å². The Kier molecular flexibility index (Phi) is 8.31. The fraction of sp³-hybridized carbons (Fsp3) is 0.348. The Labute approximate surface area is 205 Å². The summed E-state index contributed by atoms with van der Waals surface area (Å²) in [5.41, 5.74) is 3.03. The van der Waals surface area contributed by atoms with Crippen LogP contribution in [0.1, 0.15) is 0 Å². The lowest BCUT2D eigenvalue weighted by Gasteiger charge is -2.19. The monoisotopic (exact) mass is 533 g/mol. The van der Waals surface area contributed by atoms with Gasteiger partial charge in [0.1, 0.15) is 11.3 Å². The van der Waals surface area contributed by atoms with E-state index in [9.17, 15) is 26.3 Å². The normalized spacial score (nSPS) is 18.9. The number of carboxylic acid groups (broad SMARTS) is 2. The van der Waals surface area contributed by atoms with Crippen LogP contribution in [0.25, 0.3) is 22.4 Å². The largest absolute Gasteiger partial charge is 0.490 e. The molecular formula is C23H21F6N3O5. The summed E-state index contributed by atoms with van der Waals surface area (Å²) < 4.78 is 69.4. The first kappa shape index (κ1) is 27.8. The molecule has 37 heavy (non-hydrogen) atoms. The number of alkyl halides is 6. The molecule has 1 aromatic carbocycles. The molecule has 2 fully saturated rings. The average molecular weight is 533 g/mol. The van der Waals surface area contributed by atoms with Crippen molar-refractivity contribution in [3.63, 3.8) is 0 Å². The smallest absolute Gasteiger partial charge is 0.475 e. The van der Waals surface area contributed by atoms with Crippen molar-refractivity contribution < 1.29 is 50.6 Å². The third-order valence-corrected chi connectivity index (χ3v) is 5.67. The topological polar surface area (TPSA) is 116 Å². The minimum atomic E-state index is -5.08. The number of pyridine rings is 1. The van der Waals surface area contributed by atoms with Crippen molar-refractivity contribution in [1.82, 2.24) is 10.3 Å². The third kappa shape index (κ3) is 7.35. The summed E-state index contributed by atoms with van der Waals surface area (Å²) in [6.07, 6.45) is -8.18.